The lowest BCUT2D eigenvalue weighted by Gasteiger charge is -2.25. The van der Waals surface area contributed by atoms with Gasteiger partial charge in [-0.1, -0.05) is 66.2 Å². The van der Waals surface area contributed by atoms with Gasteiger partial charge in [0.1, 0.15) is 12.4 Å². The summed E-state index contributed by atoms with van der Waals surface area (Å²) in [7, 11) is -3.79. The van der Waals surface area contributed by atoms with E-state index in [1.807, 2.05) is 61.5 Å². The third-order valence-electron chi connectivity index (χ3n) is 4.63. The second-order valence-corrected chi connectivity index (χ2v) is 8.98. The van der Waals surface area contributed by atoms with Gasteiger partial charge in [0.25, 0.3) is 0 Å². The van der Waals surface area contributed by atoms with Gasteiger partial charge in [0.15, 0.2) is 0 Å². The molecule has 0 heterocycles. The van der Waals surface area contributed by atoms with Crippen LogP contribution in [0.1, 0.15) is 22.7 Å². The van der Waals surface area contributed by atoms with Crippen molar-refractivity contribution in [1.82, 2.24) is 5.32 Å². The Morgan fingerprint density at radius 3 is 2.20 bits per heavy atom. The van der Waals surface area contributed by atoms with Crippen molar-refractivity contribution in [3.63, 3.8) is 0 Å². The molecular formula is C23H23FN2O3S. The molecule has 0 aliphatic heterocycles. The van der Waals surface area contributed by atoms with E-state index in [0.29, 0.717) is 0 Å². The molecule has 1 amide bonds. The molecule has 0 bridgehead atoms. The quantitative estimate of drug-likeness (QED) is 0.625. The molecule has 7 heteroatoms. The van der Waals surface area contributed by atoms with E-state index in [1.54, 1.807) is 0 Å². The number of hydrogen-bond acceptors (Lipinski definition) is 3. The topological polar surface area (TPSA) is 66.5 Å². The zero-order valence-corrected chi connectivity index (χ0v) is 17.6. The fourth-order valence-electron chi connectivity index (χ4n) is 3.13. The molecule has 0 aromatic heterocycles. The highest BCUT2D eigenvalue weighted by Crippen LogP contribution is 2.23. The maximum absolute atomic E-state index is 13.6. The summed E-state index contributed by atoms with van der Waals surface area (Å²) in [6, 6.07) is 21.9. The number of halogens is 1. The molecule has 30 heavy (non-hydrogen) atoms. The second-order valence-electron chi connectivity index (χ2n) is 7.07. The SMILES string of the molecule is Cc1ccc([C@H](NC(=O)CN(c2cccc(F)c2)S(C)(=O)=O)c2ccccc2)cc1. The van der Waals surface area contributed by atoms with Gasteiger partial charge in [0.05, 0.1) is 18.0 Å². The number of carbonyl (C=O) groups excluding carboxylic acids is 1. The number of sulfonamides is 1. The van der Waals surface area contributed by atoms with E-state index in [2.05, 4.69) is 5.32 Å². The molecule has 0 aliphatic rings. The molecular weight excluding hydrogens is 403 g/mol. The van der Waals surface area contributed by atoms with Crippen molar-refractivity contribution in [2.45, 2.75) is 13.0 Å². The molecule has 0 aliphatic carbocycles. The van der Waals surface area contributed by atoms with Gasteiger partial charge in [-0.2, -0.15) is 0 Å². The molecule has 1 N–H and O–H groups in total. The zero-order valence-electron chi connectivity index (χ0n) is 16.7. The summed E-state index contributed by atoms with van der Waals surface area (Å²) in [4.78, 5) is 12.9. The van der Waals surface area contributed by atoms with Crippen molar-refractivity contribution >= 4 is 21.6 Å². The molecule has 0 saturated heterocycles. The number of rotatable bonds is 7. The van der Waals surface area contributed by atoms with Crippen LogP contribution in [-0.4, -0.2) is 27.1 Å². The van der Waals surface area contributed by atoms with Crippen molar-refractivity contribution in [2.24, 2.45) is 0 Å². The van der Waals surface area contributed by atoms with Crippen LogP contribution in [0.25, 0.3) is 0 Å². The van der Waals surface area contributed by atoms with Gasteiger partial charge in [0, 0.05) is 0 Å². The smallest absolute Gasteiger partial charge is 0.241 e. The van der Waals surface area contributed by atoms with Crippen LogP contribution in [-0.2, 0) is 14.8 Å². The highest BCUT2D eigenvalue weighted by molar-refractivity contribution is 7.92. The summed E-state index contributed by atoms with van der Waals surface area (Å²) < 4.78 is 39.0. The van der Waals surface area contributed by atoms with E-state index in [-0.39, 0.29) is 5.69 Å². The minimum absolute atomic E-state index is 0.0965. The monoisotopic (exact) mass is 426 g/mol. The van der Waals surface area contributed by atoms with Crippen LogP contribution in [0.4, 0.5) is 10.1 Å². The molecule has 156 valence electrons. The lowest BCUT2D eigenvalue weighted by molar-refractivity contribution is -0.120. The van der Waals surface area contributed by atoms with Crippen LogP contribution in [0.3, 0.4) is 0 Å². The lowest BCUT2D eigenvalue weighted by atomic mass is 9.98. The van der Waals surface area contributed by atoms with Gasteiger partial charge in [-0.25, -0.2) is 12.8 Å². The van der Waals surface area contributed by atoms with Crippen molar-refractivity contribution < 1.29 is 17.6 Å². The highest BCUT2D eigenvalue weighted by atomic mass is 32.2. The maximum Gasteiger partial charge on any atom is 0.241 e. The van der Waals surface area contributed by atoms with Crippen molar-refractivity contribution in [2.75, 3.05) is 17.1 Å². The van der Waals surface area contributed by atoms with Crippen LogP contribution in [0.5, 0.6) is 0 Å². The van der Waals surface area contributed by atoms with E-state index >= 15 is 0 Å². The van der Waals surface area contributed by atoms with Gasteiger partial charge >= 0.3 is 0 Å². The molecule has 0 unspecified atom stereocenters. The highest BCUT2D eigenvalue weighted by Gasteiger charge is 2.24. The Labute approximate surface area is 176 Å². The molecule has 3 rings (SSSR count). The Kier molecular flexibility index (Phi) is 6.52. The van der Waals surface area contributed by atoms with Crippen molar-refractivity contribution in [3.05, 3.63) is 101 Å². The molecule has 5 nitrogen and oxygen atoms in total. The molecule has 3 aromatic rings. The average molecular weight is 427 g/mol. The second kappa shape index (κ2) is 9.09. The fourth-order valence-corrected chi connectivity index (χ4v) is 3.98. The molecule has 0 radical (unpaired) electrons. The number of amides is 1. The largest absolute Gasteiger partial charge is 0.344 e. The normalized spacial score (nSPS) is 12.2. The Morgan fingerprint density at radius 1 is 0.967 bits per heavy atom. The van der Waals surface area contributed by atoms with Crippen molar-refractivity contribution in [1.29, 1.82) is 0 Å². The predicted octanol–water partition coefficient (Wildman–Crippen LogP) is 3.81. The number of benzene rings is 3. The molecule has 1 atom stereocenters. The first-order chi connectivity index (χ1) is 14.2. The van der Waals surface area contributed by atoms with Gasteiger partial charge in [-0.15, -0.1) is 0 Å². The summed E-state index contributed by atoms with van der Waals surface area (Å²) in [5, 5.41) is 2.92. The summed E-state index contributed by atoms with van der Waals surface area (Å²) in [5.41, 5.74) is 2.92. The first-order valence-corrected chi connectivity index (χ1v) is 11.2. The van der Waals surface area contributed by atoms with Crippen LogP contribution >= 0.6 is 0 Å². The summed E-state index contributed by atoms with van der Waals surface area (Å²) in [6.07, 6.45) is 0.986. The van der Waals surface area contributed by atoms with E-state index in [4.69, 9.17) is 0 Å². The first kappa shape index (κ1) is 21.5. The Bertz CT molecular complexity index is 1120. The summed E-state index contributed by atoms with van der Waals surface area (Å²) in [5.74, 6) is -1.08. The Hall–Kier alpha value is -3.19. The van der Waals surface area contributed by atoms with Gasteiger partial charge in [-0.3, -0.25) is 9.10 Å². The van der Waals surface area contributed by atoms with Crippen LogP contribution in [0.2, 0.25) is 0 Å². The summed E-state index contributed by atoms with van der Waals surface area (Å²) >= 11 is 0. The van der Waals surface area contributed by atoms with E-state index in [9.17, 15) is 17.6 Å². The third kappa shape index (κ3) is 5.45. The minimum Gasteiger partial charge on any atom is -0.344 e. The van der Waals surface area contributed by atoms with Gasteiger partial charge in [0.2, 0.25) is 15.9 Å². The maximum atomic E-state index is 13.6. The van der Waals surface area contributed by atoms with Gasteiger partial charge in [-0.05, 0) is 36.2 Å². The standard InChI is InChI=1S/C23H23FN2O3S/c1-17-11-13-19(14-12-17)23(18-7-4-3-5-8-18)25-22(27)16-26(30(2,28)29)21-10-6-9-20(24)15-21/h3-15,23H,16H2,1-2H3,(H,25,27)/t23-/m1/s1. The van der Waals surface area contributed by atoms with Crippen molar-refractivity contribution in [3.8, 4) is 0 Å². The number of anilines is 1. The average Bonchev–Trinajstić information content (AvgIpc) is 2.71. The number of hydrogen-bond donors (Lipinski definition) is 1. The molecule has 0 saturated carbocycles. The van der Waals surface area contributed by atoms with Crippen LogP contribution in [0.15, 0.2) is 78.9 Å². The molecule has 0 spiro atoms. The predicted molar refractivity (Wildman–Crippen MR) is 116 cm³/mol. The van der Waals surface area contributed by atoms with Crippen LogP contribution < -0.4 is 9.62 Å². The Balaban J connectivity index is 1.88. The van der Waals surface area contributed by atoms with Gasteiger partial charge < -0.3 is 5.32 Å². The number of nitrogens with one attached hydrogen (secondary N) is 1. The zero-order chi connectivity index (χ0) is 21.7. The number of carbonyl (C=O) groups is 1. The fraction of sp³-hybridized carbons (Fsp3) is 0.174. The third-order valence-corrected chi connectivity index (χ3v) is 5.77. The van der Waals surface area contributed by atoms with E-state index in [0.717, 1.165) is 33.3 Å². The first-order valence-electron chi connectivity index (χ1n) is 9.38. The van der Waals surface area contributed by atoms with E-state index < -0.39 is 34.3 Å². The number of nitrogens with zero attached hydrogens (tertiary/aromatic N) is 1. The van der Waals surface area contributed by atoms with Crippen LogP contribution in [0, 0.1) is 12.7 Å². The lowest BCUT2D eigenvalue weighted by Crippen LogP contribution is -2.41. The Morgan fingerprint density at radius 2 is 1.60 bits per heavy atom. The minimum atomic E-state index is -3.79. The van der Waals surface area contributed by atoms with E-state index in [1.165, 1.54) is 18.2 Å². The summed E-state index contributed by atoms with van der Waals surface area (Å²) in [6.45, 7) is 1.51. The number of aryl methyl sites for hydroxylation is 1. The molecule has 3 aromatic carbocycles. The molecule has 0 fully saturated rings.